The third kappa shape index (κ3) is 6.26. The molecule has 2 heterocycles. The number of pyridine rings is 1. The van der Waals surface area contributed by atoms with Crippen LogP contribution in [0.15, 0.2) is 18.3 Å². The van der Waals surface area contributed by atoms with E-state index in [1.165, 1.54) is 0 Å². The molecule has 10 heteroatoms. The number of carbonyl (C=O) groups excluding carboxylic acids is 2. The highest BCUT2D eigenvalue weighted by Crippen LogP contribution is 2.27. The molecule has 1 aliphatic heterocycles. The standard InChI is InChI=1S/C16H22F3N5O2/c1-23-7-9-24(10-8-23)6-2-5-20-14(25)15(26)22-12-3-4-13(21-11-12)16(17,18)19/h3-4,11H,2,5-10H2,1H3,(H,20,25)(H,22,26). The summed E-state index contributed by atoms with van der Waals surface area (Å²) in [6.45, 7) is 5.16. The molecule has 0 atom stereocenters. The van der Waals surface area contributed by atoms with E-state index < -0.39 is 23.7 Å². The summed E-state index contributed by atoms with van der Waals surface area (Å²) in [7, 11) is 2.07. The van der Waals surface area contributed by atoms with Crippen molar-refractivity contribution in [2.45, 2.75) is 12.6 Å². The fourth-order valence-electron chi connectivity index (χ4n) is 2.48. The highest BCUT2D eigenvalue weighted by atomic mass is 19.4. The molecule has 2 rings (SSSR count). The normalized spacial score (nSPS) is 16.3. The fraction of sp³-hybridized carbons (Fsp3) is 0.562. The highest BCUT2D eigenvalue weighted by molar-refractivity contribution is 6.39. The molecule has 0 saturated carbocycles. The predicted octanol–water partition coefficient (Wildman–Crippen LogP) is 0.793. The average molecular weight is 373 g/mol. The van der Waals surface area contributed by atoms with E-state index in [1.54, 1.807) is 0 Å². The van der Waals surface area contributed by atoms with Crippen molar-refractivity contribution >= 4 is 17.5 Å². The summed E-state index contributed by atoms with van der Waals surface area (Å²) in [5, 5.41) is 4.72. The quantitative estimate of drug-likeness (QED) is 0.590. The van der Waals surface area contributed by atoms with Crippen LogP contribution < -0.4 is 10.6 Å². The summed E-state index contributed by atoms with van der Waals surface area (Å²) in [6, 6.07) is 1.79. The Bertz CT molecular complexity index is 613. The van der Waals surface area contributed by atoms with Gasteiger partial charge in [-0.2, -0.15) is 13.2 Å². The van der Waals surface area contributed by atoms with E-state index in [4.69, 9.17) is 0 Å². The molecule has 1 aliphatic rings. The van der Waals surface area contributed by atoms with Gasteiger partial charge >= 0.3 is 18.0 Å². The summed E-state index contributed by atoms with van der Waals surface area (Å²) in [5.41, 5.74) is -1.04. The van der Waals surface area contributed by atoms with Crippen molar-refractivity contribution in [2.75, 3.05) is 51.6 Å². The number of rotatable bonds is 5. The number of carbonyl (C=O) groups is 2. The summed E-state index contributed by atoms with van der Waals surface area (Å²) in [6.07, 6.45) is -2.98. The molecule has 0 aromatic carbocycles. The van der Waals surface area contributed by atoms with E-state index >= 15 is 0 Å². The maximum atomic E-state index is 12.4. The van der Waals surface area contributed by atoms with Crippen molar-refractivity contribution in [2.24, 2.45) is 0 Å². The molecule has 2 N–H and O–H groups in total. The minimum atomic E-state index is -4.55. The van der Waals surface area contributed by atoms with Gasteiger partial charge in [0.25, 0.3) is 0 Å². The van der Waals surface area contributed by atoms with E-state index in [2.05, 4.69) is 32.5 Å². The first-order chi connectivity index (χ1) is 12.3. The van der Waals surface area contributed by atoms with Crippen molar-refractivity contribution in [3.63, 3.8) is 0 Å². The molecule has 0 radical (unpaired) electrons. The van der Waals surface area contributed by atoms with Gasteiger partial charge in [0, 0.05) is 32.7 Å². The van der Waals surface area contributed by atoms with Crippen LogP contribution in [0, 0.1) is 0 Å². The molecular formula is C16H22F3N5O2. The number of likely N-dealkylation sites (N-methyl/N-ethyl adjacent to an activating group) is 1. The van der Waals surface area contributed by atoms with Gasteiger partial charge in [-0.3, -0.25) is 9.59 Å². The molecule has 0 aliphatic carbocycles. The average Bonchev–Trinajstić information content (AvgIpc) is 2.59. The molecule has 7 nitrogen and oxygen atoms in total. The Hall–Kier alpha value is -2.20. The van der Waals surface area contributed by atoms with Crippen molar-refractivity contribution in [1.29, 1.82) is 0 Å². The number of nitrogens with zero attached hydrogens (tertiary/aromatic N) is 3. The Labute approximate surface area is 149 Å². The lowest BCUT2D eigenvalue weighted by atomic mass is 10.3. The Morgan fingerprint density at radius 1 is 1.15 bits per heavy atom. The zero-order valence-electron chi connectivity index (χ0n) is 14.5. The first-order valence-corrected chi connectivity index (χ1v) is 8.29. The van der Waals surface area contributed by atoms with Gasteiger partial charge in [0.1, 0.15) is 5.69 Å². The molecule has 1 aromatic rings. The molecule has 0 bridgehead atoms. The van der Waals surface area contributed by atoms with Gasteiger partial charge < -0.3 is 20.4 Å². The Morgan fingerprint density at radius 3 is 2.42 bits per heavy atom. The van der Waals surface area contributed by atoms with Crippen molar-refractivity contribution in [3.05, 3.63) is 24.0 Å². The van der Waals surface area contributed by atoms with Gasteiger partial charge in [-0.15, -0.1) is 0 Å². The maximum Gasteiger partial charge on any atom is 0.433 e. The van der Waals surface area contributed by atoms with Crippen LogP contribution in [0.25, 0.3) is 0 Å². The first-order valence-electron chi connectivity index (χ1n) is 8.29. The van der Waals surface area contributed by atoms with Gasteiger partial charge in [-0.1, -0.05) is 0 Å². The minimum absolute atomic E-state index is 0.0237. The molecular weight excluding hydrogens is 351 g/mol. The van der Waals surface area contributed by atoms with Crippen LogP contribution in [-0.4, -0.2) is 72.9 Å². The Morgan fingerprint density at radius 2 is 1.85 bits per heavy atom. The van der Waals surface area contributed by atoms with Crippen molar-refractivity contribution < 1.29 is 22.8 Å². The van der Waals surface area contributed by atoms with E-state index in [0.717, 1.165) is 51.1 Å². The van der Waals surface area contributed by atoms with Gasteiger partial charge in [0.2, 0.25) is 0 Å². The second kappa shape index (κ2) is 8.95. The van der Waals surface area contributed by atoms with Crippen LogP contribution in [0.4, 0.5) is 18.9 Å². The third-order valence-corrected chi connectivity index (χ3v) is 4.05. The van der Waals surface area contributed by atoms with Crippen molar-refractivity contribution in [3.8, 4) is 0 Å². The maximum absolute atomic E-state index is 12.4. The second-order valence-electron chi connectivity index (χ2n) is 6.14. The largest absolute Gasteiger partial charge is 0.433 e. The van der Waals surface area contributed by atoms with Crippen LogP contribution >= 0.6 is 0 Å². The Kier molecular flexibility index (Phi) is 6.92. The highest BCUT2D eigenvalue weighted by Gasteiger charge is 2.32. The van der Waals surface area contributed by atoms with Gasteiger partial charge in [-0.05, 0) is 32.1 Å². The number of halogens is 3. The second-order valence-corrected chi connectivity index (χ2v) is 6.14. The monoisotopic (exact) mass is 373 g/mol. The number of nitrogens with one attached hydrogen (secondary N) is 2. The molecule has 0 unspecified atom stereocenters. The number of hydrogen-bond donors (Lipinski definition) is 2. The molecule has 144 valence electrons. The molecule has 1 fully saturated rings. The molecule has 0 spiro atoms. The van der Waals surface area contributed by atoms with Gasteiger partial charge in [-0.25, -0.2) is 4.98 Å². The van der Waals surface area contributed by atoms with Crippen LogP contribution in [-0.2, 0) is 15.8 Å². The smallest absolute Gasteiger partial charge is 0.348 e. The van der Waals surface area contributed by atoms with E-state index in [9.17, 15) is 22.8 Å². The zero-order chi connectivity index (χ0) is 19.2. The summed E-state index contributed by atoms with van der Waals surface area (Å²) < 4.78 is 37.3. The zero-order valence-corrected chi connectivity index (χ0v) is 14.5. The predicted molar refractivity (Wildman–Crippen MR) is 89.4 cm³/mol. The summed E-state index contributed by atoms with van der Waals surface area (Å²) in [5.74, 6) is -1.77. The minimum Gasteiger partial charge on any atom is -0.348 e. The molecule has 1 aromatic heterocycles. The van der Waals surface area contributed by atoms with E-state index in [1.807, 2.05) is 0 Å². The number of alkyl halides is 3. The number of amides is 2. The van der Waals surface area contributed by atoms with Crippen LogP contribution in [0.3, 0.4) is 0 Å². The topological polar surface area (TPSA) is 77.6 Å². The lowest BCUT2D eigenvalue weighted by Gasteiger charge is -2.32. The lowest BCUT2D eigenvalue weighted by molar-refractivity contribution is -0.141. The first kappa shape index (κ1) is 20.1. The summed E-state index contributed by atoms with van der Waals surface area (Å²) in [4.78, 5) is 31.2. The Balaban J connectivity index is 1.68. The van der Waals surface area contributed by atoms with Gasteiger partial charge in [0.15, 0.2) is 0 Å². The van der Waals surface area contributed by atoms with Crippen molar-refractivity contribution in [1.82, 2.24) is 20.1 Å². The number of anilines is 1. The lowest BCUT2D eigenvalue weighted by Crippen LogP contribution is -2.45. The number of aromatic nitrogens is 1. The number of piperazine rings is 1. The summed E-state index contributed by atoms with van der Waals surface area (Å²) >= 11 is 0. The molecule has 2 amide bonds. The van der Waals surface area contributed by atoms with E-state index in [-0.39, 0.29) is 5.69 Å². The molecule has 1 saturated heterocycles. The number of hydrogen-bond acceptors (Lipinski definition) is 5. The SMILES string of the molecule is CN1CCN(CCCNC(=O)C(=O)Nc2ccc(C(F)(F)F)nc2)CC1. The fourth-order valence-corrected chi connectivity index (χ4v) is 2.48. The third-order valence-electron chi connectivity index (χ3n) is 4.05. The van der Waals surface area contributed by atoms with Gasteiger partial charge in [0.05, 0.1) is 11.9 Å². The van der Waals surface area contributed by atoms with Crippen LogP contribution in [0.1, 0.15) is 12.1 Å². The molecule has 26 heavy (non-hydrogen) atoms. The van der Waals surface area contributed by atoms with Crippen LogP contribution in [0.5, 0.6) is 0 Å². The van der Waals surface area contributed by atoms with E-state index in [0.29, 0.717) is 13.0 Å². The van der Waals surface area contributed by atoms with Crippen LogP contribution in [0.2, 0.25) is 0 Å².